The van der Waals surface area contributed by atoms with Crippen LogP contribution in [0, 0.1) is 0 Å². The fraction of sp³-hybridized carbons (Fsp3) is 0.533. The van der Waals surface area contributed by atoms with E-state index in [1.165, 1.54) is 11.4 Å². The molecule has 4 nitrogen and oxygen atoms in total. The van der Waals surface area contributed by atoms with Crippen LogP contribution in [-0.2, 0) is 19.4 Å². The molecule has 1 fully saturated rings. The minimum Gasteiger partial charge on any atom is -0.320 e. The van der Waals surface area contributed by atoms with Gasteiger partial charge < -0.3 is 4.52 Å². The van der Waals surface area contributed by atoms with Gasteiger partial charge in [-0.2, -0.15) is 0 Å². The van der Waals surface area contributed by atoms with Crippen LogP contribution >= 0.6 is 18.0 Å². The van der Waals surface area contributed by atoms with Gasteiger partial charge in [0.1, 0.15) is 0 Å². The Morgan fingerprint density at radius 3 is 2.67 bits per heavy atom. The highest BCUT2D eigenvalue weighted by atomic mass is 32.7. The van der Waals surface area contributed by atoms with E-state index >= 15 is 0 Å². The molecule has 116 valence electrons. The number of hydrogen-bond donors (Lipinski definition) is 1. The van der Waals surface area contributed by atoms with Crippen LogP contribution in [0.3, 0.4) is 0 Å². The van der Waals surface area contributed by atoms with E-state index in [2.05, 4.69) is 5.32 Å². The number of nitrogens with one attached hydrogen (secondary N) is 1. The zero-order valence-corrected chi connectivity index (χ0v) is 14.4. The van der Waals surface area contributed by atoms with Gasteiger partial charge in [-0.3, -0.25) is 14.7 Å². The van der Waals surface area contributed by atoms with Crippen molar-refractivity contribution >= 4 is 23.7 Å². The molecule has 6 heteroatoms. The van der Waals surface area contributed by atoms with Crippen LogP contribution in [0.1, 0.15) is 26.3 Å². The van der Waals surface area contributed by atoms with E-state index in [4.69, 9.17) is 4.52 Å². The Bertz CT molecular complexity index is 537. The molecular formula is C15H22NO3PS. The Morgan fingerprint density at radius 1 is 1.43 bits per heavy atom. The first-order valence-corrected chi connectivity index (χ1v) is 10.5. The molecule has 2 rings (SSSR count). The summed E-state index contributed by atoms with van der Waals surface area (Å²) in [4.78, 5) is 12.3. The van der Waals surface area contributed by atoms with Crippen molar-refractivity contribution in [1.29, 1.82) is 0 Å². The summed E-state index contributed by atoms with van der Waals surface area (Å²) in [5.74, 6) is 0.652. The van der Waals surface area contributed by atoms with Crippen molar-refractivity contribution in [2.24, 2.45) is 0 Å². The highest BCUT2D eigenvalue weighted by molar-refractivity contribution is 8.57. The predicted octanol–water partition coefficient (Wildman–Crippen LogP) is 3.43. The lowest BCUT2D eigenvalue weighted by atomic mass is 9.93. The Morgan fingerprint density at radius 2 is 2.10 bits per heavy atom. The average molecular weight is 327 g/mol. The average Bonchev–Trinajstić information content (AvgIpc) is 2.85. The van der Waals surface area contributed by atoms with Gasteiger partial charge in [-0.1, -0.05) is 41.7 Å². The molecule has 1 unspecified atom stereocenters. The molecule has 1 aromatic carbocycles. The third kappa shape index (κ3) is 4.43. The second-order valence-electron chi connectivity index (χ2n) is 5.76. The monoisotopic (exact) mass is 327 g/mol. The normalized spacial score (nSPS) is 24.0. The van der Waals surface area contributed by atoms with Crippen LogP contribution in [0.4, 0.5) is 0 Å². The zero-order valence-electron chi connectivity index (χ0n) is 12.7. The van der Waals surface area contributed by atoms with Gasteiger partial charge in [0.25, 0.3) is 6.57 Å². The molecule has 0 bridgehead atoms. The van der Waals surface area contributed by atoms with Gasteiger partial charge in [0, 0.05) is 11.3 Å². The number of carbonyl (C=O) groups is 1. The van der Waals surface area contributed by atoms with E-state index in [0.717, 1.165) is 5.56 Å². The second-order valence-corrected chi connectivity index (χ2v) is 10.7. The minimum atomic E-state index is -2.79. The smallest absolute Gasteiger partial charge is 0.265 e. The van der Waals surface area contributed by atoms with Crippen LogP contribution in [-0.4, -0.2) is 30.3 Å². The van der Waals surface area contributed by atoms with Gasteiger partial charge in [-0.25, -0.2) is 0 Å². The highest BCUT2D eigenvalue weighted by Crippen LogP contribution is 2.63. The summed E-state index contributed by atoms with van der Waals surface area (Å²) in [7, 11) is 0. The molecule has 1 saturated heterocycles. The first-order valence-electron chi connectivity index (χ1n) is 7.06. The van der Waals surface area contributed by atoms with Gasteiger partial charge in [-0.15, -0.1) is 0 Å². The molecular weight excluding hydrogens is 305 g/mol. The summed E-state index contributed by atoms with van der Waals surface area (Å²) in [5, 5.41) is 3.33. The number of ketones is 1. The fourth-order valence-electron chi connectivity index (χ4n) is 2.37. The van der Waals surface area contributed by atoms with Crippen molar-refractivity contribution in [2.45, 2.75) is 32.4 Å². The van der Waals surface area contributed by atoms with Crippen molar-refractivity contribution in [3.63, 3.8) is 0 Å². The molecule has 2 atom stereocenters. The molecule has 0 amide bonds. The van der Waals surface area contributed by atoms with Crippen LogP contribution in [0.5, 0.6) is 0 Å². The van der Waals surface area contributed by atoms with Crippen LogP contribution in [0.2, 0.25) is 0 Å². The number of hydrogen-bond acceptors (Lipinski definition) is 5. The summed E-state index contributed by atoms with van der Waals surface area (Å²) in [6.45, 7) is 3.58. The van der Waals surface area contributed by atoms with Crippen molar-refractivity contribution in [3.05, 3.63) is 35.9 Å². The highest BCUT2D eigenvalue weighted by Gasteiger charge is 2.35. The summed E-state index contributed by atoms with van der Waals surface area (Å²) >= 11 is 1.29. The van der Waals surface area contributed by atoms with Crippen molar-refractivity contribution in [1.82, 2.24) is 5.32 Å². The van der Waals surface area contributed by atoms with E-state index in [9.17, 15) is 9.36 Å². The maximum atomic E-state index is 12.3. The largest absolute Gasteiger partial charge is 0.320 e. The Kier molecular flexibility index (Phi) is 5.31. The SMILES string of the molecule is C[C@H](NC(C)(C)c1ccccc1)C(=O)CP1(=O)OCCS1. The second kappa shape index (κ2) is 6.66. The maximum Gasteiger partial charge on any atom is 0.265 e. The van der Waals surface area contributed by atoms with Gasteiger partial charge in [-0.05, 0) is 26.3 Å². The van der Waals surface area contributed by atoms with E-state index in [-0.39, 0.29) is 23.5 Å². The summed E-state index contributed by atoms with van der Waals surface area (Å²) < 4.78 is 17.5. The van der Waals surface area contributed by atoms with Crippen molar-refractivity contribution in [3.8, 4) is 0 Å². The number of Topliss-reactive ketones (excluding diaryl/α,β-unsaturated/α-hetero) is 1. The van der Waals surface area contributed by atoms with Crippen molar-refractivity contribution in [2.75, 3.05) is 18.5 Å². The van der Waals surface area contributed by atoms with E-state index in [1.54, 1.807) is 0 Å². The van der Waals surface area contributed by atoms with E-state index < -0.39 is 6.57 Å². The molecule has 0 aromatic heterocycles. The molecule has 0 saturated carbocycles. The lowest BCUT2D eigenvalue weighted by Gasteiger charge is -2.30. The van der Waals surface area contributed by atoms with Gasteiger partial charge in [0.15, 0.2) is 5.78 Å². The Balaban J connectivity index is 1.98. The lowest BCUT2D eigenvalue weighted by Crippen LogP contribution is -2.46. The first-order chi connectivity index (χ1) is 9.82. The van der Waals surface area contributed by atoms with Gasteiger partial charge >= 0.3 is 0 Å². The quantitative estimate of drug-likeness (QED) is 0.811. The van der Waals surface area contributed by atoms with Gasteiger partial charge in [0.05, 0.1) is 18.8 Å². The van der Waals surface area contributed by atoms with Crippen LogP contribution < -0.4 is 5.32 Å². The molecule has 1 aliphatic heterocycles. The number of carbonyl (C=O) groups excluding carboxylic acids is 1. The number of rotatable bonds is 6. The molecule has 1 aromatic rings. The predicted molar refractivity (Wildman–Crippen MR) is 88.0 cm³/mol. The Hall–Kier alpha value is -0.610. The van der Waals surface area contributed by atoms with E-state index in [0.29, 0.717) is 12.4 Å². The molecule has 1 heterocycles. The maximum absolute atomic E-state index is 12.3. The standard InChI is InChI=1S/C15H22NO3PS/c1-12(14(17)11-20(18)19-9-10-21-20)16-15(2,3)13-7-5-4-6-8-13/h4-8,12,16H,9-11H2,1-3H3/t12-,20?/m0/s1. The molecule has 21 heavy (non-hydrogen) atoms. The topological polar surface area (TPSA) is 55.4 Å². The van der Waals surface area contributed by atoms with Crippen molar-refractivity contribution < 1.29 is 13.9 Å². The third-order valence-corrected chi connectivity index (χ3v) is 8.01. The van der Waals surface area contributed by atoms with Crippen LogP contribution in [0.25, 0.3) is 0 Å². The number of benzene rings is 1. The van der Waals surface area contributed by atoms with E-state index in [1.807, 2.05) is 51.1 Å². The van der Waals surface area contributed by atoms with Gasteiger partial charge in [0.2, 0.25) is 0 Å². The third-order valence-electron chi connectivity index (χ3n) is 3.56. The summed E-state index contributed by atoms with van der Waals surface area (Å²) in [6, 6.07) is 9.62. The Labute approximate surface area is 130 Å². The molecule has 1 N–H and O–H groups in total. The summed E-state index contributed by atoms with van der Waals surface area (Å²) in [6.07, 6.45) is 0.0106. The zero-order chi connectivity index (χ0) is 15.5. The lowest BCUT2D eigenvalue weighted by molar-refractivity contribution is -0.118. The summed E-state index contributed by atoms with van der Waals surface area (Å²) in [5.41, 5.74) is 0.789. The molecule has 0 spiro atoms. The molecule has 1 aliphatic rings. The fourth-order valence-corrected chi connectivity index (χ4v) is 6.37. The minimum absolute atomic E-state index is 0.0106. The molecule has 0 aliphatic carbocycles. The molecule has 0 radical (unpaired) electrons. The first kappa shape index (κ1) is 16.8. The van der Waals surface area contributed by atoms with Crippen LogP contribution in [0.15, 0.2) is 30.3 Å².